The average molecular weight is 234 g/mol. The third kappa shape index (κ3) is 2.79. The Hall–Kier alpha value is -1.06. The maximum atomic E-state index is 9.51. The number of likely N-dealkylation sites (N-methyl/N-ethyl adjacent to an activating group) is 1. The summed E-state index contributed by atoms with van der Waals surface area (Å²) in [6, 6.07) is 5.77. The summed E-state index contributed by atoms with van der Waals surface area (Å²) < 4.78 is 0. The second-order valence-corrected chi connectivity index (χ2v) is 4.70. The lowest BCUT2D eigenvalue weighted by atomic mass is 9.90. The van der Waals surface area contributed by atoms with Crippen LogP contribution in [0, 0.1) is 0 Å². The summed E-state index contributed by atoms with van der Waals surface area (Å²) in [5, 5.41) is 12.9. The Morgan fingerprint density at radius 2 is 2.12 bits per heavy atom. The van der Waals surface area contributed by atoms with Crippen molar-refractivity contribution < 1.29 is 5.11 Å². The van der Waals surface area contributed by atoms with Crippen LogP contribution in [0.15, 0.2) is 18.2 Å². The van der Waals surface area contributed by atoms with E-state index >= 15 is 0 Å². The van der Waals surface area contributed by atoms with Gasteiger partial charge in [-0.3, -0.25) is 0 Å². The molecule has 0 aliphatic carbocycles. The van der Waals surface area contributed by atoms with Crippen LogP contribution in [0.3, 0.4) is 0 Å². The normalized spacial score (nSPS) is 19.4. The quantitative estimate of drug-likeness (QED) is 0.835. The molecule has 1 aliphatic heterocycles. The number of benzene rings is 1. The van der Waals surface area contributed by atoms with Crippen LogP contribution < -0.4 is 5.32 Å². The van der Waals surface area contributed by atoms with E-state index in [1.54, 1.807) is 6.07 Å². The van der Waals surface area contributed by atoms with Crippen molar-refractivity contribution in [2.24, 2.45) is 0 Å². The summed E-state index contributed by atoms with van der Waals surface area (Å²) in [5.41, 5.74) is 2.64. The second kappa shape index (κ2) is 5.52. The maximum Gasteiger partial charge on any atom is 0.115 e. The molecule has 0 fully saturated rings. The van der Waals surface area contributed by atoms with E-state index in [0.29, 0.717) is 11.7 Å². The van der Waals surface area contributed by atoms with Gasteiger partial charge < -0.3 is 15.3 Å². The zero-order valence-corrected chi connectivity index (χ0v) is 10.7. The molecule has 1 heterocycles. The number of rotatable bonds is 4. The van der Waals surface area contributed by atoms with Crippen molar-refractivity contribution >= 4 is 0 Å². The van der Waals surface area contributed by atoms with Gasteiger partial charge in [0, 0.05) is 25.6 Å². The third-order valence-electron chi connectivity index (χ3n) is 3.65. The Balaban J connectivity index is 2.16. The number of phenols is 1. The second-order valence-electron chi connectivity index (χ2n) is 4.70. The van der Waals surface area contributed by atoms with Gasteiger partial charge in [-0.05, 0) is 36.3 Å². The lowest BCUT2D eigenvalue weighted by Gasteiger charge is -2.30. The number of aromatic hydroxyl groups is 1. The van der Waals surface area contributed by atoms with Crippen molar-refractivity contribution in [2.45, 2.75) is 26.3 Å². The van der Waals surface area contributed by atoms with Crippen LogP contribution in [-0.2, 0) is 6.54 Å². The van der Waals surface area contributed by atoms with E-state index in [1.165, 1.54) is 11.1 Å². The predicted molar refractivity (Wildman–Crippen MR) is 70.3 cm³/mol. The van der Waals surface area contributed by atoms with E-state index in [1.807, 2.05) is 6.07 Å². The number of nitrogens with zero attached hydrogens (tertiary/aromatic N) is 1. The van der Waals surface area contributed by atoms with Gasteiger partial charge in [0.15, 0.2) is 0 Å². The van der Waals surface area contributed by atoms with E-state index in [0.717, 1.165) is 32.7 Å². The molecule has 1 unspecified atom stereocenters. The summed E-state index contributed by atoms with van der Waals surface area (Å²) in [4.78, 5) is 2.45. The molecule has 2 rings (SSSR count). The first kappa shape index (κ1) is 12.4. The van der Waals surface area contributed by atoms with Crippen molar-refractivity contribution in [3.05, 3.63) is 29.3 Å². The van der Waals surface area contributed by atoms with Gasteiger partial charge >= 0.3 is 0 Å². The summed E-state index contributed by atoms with van der Waals surface area (Å²) in [7, 11) is 0. The van der Waals surface area contributed by atoms with Crippen LogP contribution in [0.25, 0.3) is 0 Å². The lowest BCUT2D eigenvalue weighted by molar-refractivity contribution is 0.275. The molecule has 3 nitrogen and oxygen atoms in total. The van der Waals surface area contributed by atoms with Crippen molar-refractivity contribution in [3.63, 3.8) is 0 Å². The first-order valence-electron chi connectivity index (χ1n) is 6.49. The molecule has 0 aromatic heterocycles. The van der Waals surface area contributed by atoms with E-state index in [2.05, 4.69) is 30.1 Å². The molecule has 3 heteroatoms. The number of nitrogens with one attached hydrogen (secondary N) is 1. The highest BCUT2D eigenvalue weighted by molar-refractivity contribution is 5.38. The molecule has 1 atom stereocenters. The fourth-order valence-corrected chi connectivity index (χ4v) is 2.59. The molecule has 1 aliphatic rings. The predicted octanol–water partition coefficient (Wildman–Crippen LogP) is 1.92. The molecule has 0 saturated heterocycles. The highest BCUT2D eigenvalue weighted by Gasteiger charge is 2.21. The van der Waals surface area contributed by atoms with Crippen LogP contribution in [0.4, 0.5) is 0 Å². The molecule has 2 N–H and O–H groups in total. The Kier molecular flexibility index (Phi) is 4.02. The molecule has 0 bridgehead atoms. The Morgan fingerprint density at radius 3 is 2.82 bits per heavy atom. The minimum absolute atomic E-state index is 0.369. The van der Waals surface area contributed by atoms with Crippen LogP contribution in [0.1, 0.15) is 30.9 Å². The summed E-state index contributed by atoms with van der Waals surface area (Å²) in [5.74, 6) is 0.910. The van der Waals surface area contributed by atoms with Crippen molar-refractivity contribution in [1.82, 2.24) is 10.2 Å². The first-order valence-corrected chi connectivity index (χ1v) is 6.49. The van der Waals surface area contributed by atoms with E-state index in [9.17, 15) is 5.11 Å². The molecular weight excluding hydrogens is 212 g/mol. The summed E-state index contributed by atoms with van der Waals surface area (Å²) in [6.45, 7) is 9.61. The number of fused-ring (bicyclic) bond motifs is 1. The van der Waals surface area contributed by atoms with Crippen molar-refractivity contribution in [1.29, 1.82) is 0 Å². The molecule has 1 aromatic rings. The highest BCUT2D eigenvalue weighted by Crippen LogP contribution is 2.27. The van der Waals surface area contributed by atoms with Crippen LogP contribution >= 0.6 is 0 Å². The monoisotopic (exact) mass is 234 g/mol. The molecule has 94 valence electrons. The van der Waals surface area contributed by atoms with Gasteiger partial charge in [0.1, 0.15) is 5.75 Å². The maximum absolute atomic E-state index is 9.51. The smallest absolute Gasteiger partial charge is 0.115 e. The minimum Gasteiger partial charge on any atom is -0.508 e. The molecular formula is C14H22N2O. The molecule has 17 heavy (non-hydrogen) atoms. The van der Waals surface area contributed by atoms with Gasteiger partial charge in [-0.2, -0.15) is 0 Å². The summed E-state index contributed by atoms with van der Waals surface area (Å²) in [6.07, 6.45) is 0. The Bertz CT molecular complexity index is 374. The van der Waals surface area contributed by atoms with Gasteiger partial charge in [-0.25, -0.2) is 0 Å². The Morgan fingerprint density at radius 1 is 1.35 bits per heavy atom. The first-order chi connectivity index (χ1) is 8.24. The van der Waals surface area contributed by atoms with Gasteiger partial charge in [-0.15, -0.1) is 0 Å². The van der Waals surface area contributed by atoms with Gasteiger partial charge in [0.05, 0.1) is 0 Å². The number of phenolic OH excluding ortho intramolecular Hbond substituents is 1. The zero-order valence-electron chi connectivity index (χ0n) is 10.7. The highest BCUT2D eigenvalue weighted by atomic mass is 16.3. The number of hydrogen-bond acceptors (Lipinski definition) is 3. The largest absolute Gasteiger partial charge is 0.508 e. The van der Waals surface area contributed by atoms with Gasteiger partial charge in [0.25, 0.3) is 0 Å². The van der Waals surface area contributed by atoms with Gasteiger partial charge in [0.2, 0.25) is 0 Å². The van der Waals surface area contributed by atoms with Crippen molar-refractivity contribution in [2.75, 3.05) is 26.2 Å². The molecule has 0 amide bonds. The summed E-state index contributed by atoms with van der Waals surface area (Å²) >= 11 is 0. The van der Waals surface area contributed by atoms with E-state index in [4.69, 9.17) is 0 Å². The number of hydrogen-bond donors (Lipinski definition) is 2. The topological polar surface area (TPSA) is 35.5 Å². The fourth-order valence-electron chi connectivity index (χ4n) is 2.59. The fraction of sp³-hybridized carbons (Fsp3) is 0.571. The standard InChI is InChI=1S/C14H22N2O/c1-3-16(4-2)10-12-9-15-8-11-7-13(17)5-6-14(11)12/h5-7,12,15,17H,3-4,8-10H2,1-2H3. The molecule has 1 aromatic carbocycles. The Labute approximate surface area is 103 Å². The van der Waals surface area contributed by atoms with Crippen LogP contribution in [0.2, 0.25) is 0 Å². The SMILES string of the molecule is CCN(CC)CC1CNCc2cc(O)ccc21. The van der Waals surface area contributed by atoms with Crippen LogP contribution in [-0.4, -0.2) is 36.2 Å². The average Bonchev–Trinajstić information content (AvgIpc) is 2.35. The van der Waals surface area contributed by atoms with E-state index < -0.39 is 0 Å². The third-order valence-corrected chi connectivity index (χ3v) is 3.65. The zero-order chi connectivity index (χ0) is 12.3. The lowest BCUT2D eigenvalue weighted by Crippen LogP contribution is -2.36. The molecule has 0 spiro atoms. The molecule has 0 saturated carbocycles. The van der Waals surface area contributed by atoms with Crippen molar-refractivity contribution in [3.8, 4) is 5.75 Å². The molecule has 0 radical (unpaired) electrons. The van der Waals surface area contributed by atoms with E-state index in [-0.39, 0.29) is 0 Å². The van der Waals surface area contributed by atoms with Gasteiger partial charge in [-0.1, -0.05) is 19.9 Å². The van der Waals surface area contributed by atoms with Crippen LogP contribution in [0.5, 0.6) is 5.75 Å². The minimum atomic E-state index is 0.369.